The van der Waals surface area contributed by atoms with Crippen molar-refractivity contribution in [2.45, 2.75) is 13.3 Å². The van der Waals surface area contributed by atoms with Crippen molar-refractivity contribution in [3.8, 4) is 5.75 Å². The molecule has 1 atom stereocenters. The van der Waals surface area contributed by atoms with E-state index in [0.29, 0.717) is 13.1 Å². The van der Waals surface area contributed by atoms with Crippen LogP contribution in [-0.4, -0.2) is 33.2 Å². The van der Waals surface area contributed by atoms with E-state index in [4.69, 9.17) is 4.74 Å². The number of ether oxygens (including phenoxy) is 1. The van der Waals surface area contributed by atoms with Crippen LogP contribution in [-0.2, 0) is 11.2 Å². The Morgan fingerprint density at radius 1 is 1.33 bits per heavy atom. The van der Waals surface area contributed by atoms with E-state index < -0.39 is 0 Å². The van der Waals surface area contributed by atoms with Gasteiger partial charge in [-0.3, -0.25) is 4.79 Å². The molecule has 18 heavy (non-hydrogen) atoms. The van der Waals surface area contributed by atoms with Crippen LogP contribution in [0.25, 0.3) is 0 Å². The first-order valence-corrected chi connectivity index (χ1v) is 6.22. The Balaban J connectivity index is 2.30. The highest BCUT2D eigenvalue weighted by Crippen LogP contribution is 2.11. The summed E-state index contributed by atoms with van der Waals surface area (Å²) in [5, 5.41) is 5.93. The highest BCUT2D eigenvalue weighted by Gasteiger charge is 2.10. The highest BCUT2D eigenvalue weighted by molar-refractivity contribution is 5.78. The largest absolute Gasteiger partial charge is 0.497 e. The Morgan fingerprint density at radius 2 is 2.00 bits per heavy atom. The fourth-order valence-corrected chi connectivity index (χ4v) is 1.70. The molecule has 1 aromatic rings. The first-order valence-electron chi connectivity index (χ1n) is 6.22. The topological polar surface area (TPSA) is 50.4 Å². The molecule has 0 aliphatic rings. The quantitative estimate of drug-likeness (QED) is 0.765. The number of hydrogen-bond donors (Lipinski definition) is 2. The van der Waals surface area contributed by atoms with Gasteiger partial charge < -0.3 is 15.4 Å². The molecule has 100 valence electrons. The van der Waals surface area contributed by atoms with Gasteiger partial charge in [-0.25, -0.2) is 0 Å². The summed E-state index contributed by atoms with van der Waals surface area (Å²) in [6, 6.07) is 7.89. The average molecular weight is 250 g/mol. The van der Waals surface area contributed by atoms with Crippen LogP contribution < -0.4 is 15.4 Å². The van der Waals surface area contributed by atoms with Crippen molar-refractivity contribution in [2.75, 3.05) is 27.2 Å². The van der Waals surface area contributed by atoms with Crippen LogP contribution in [0.4, 0.5) is 0 Å². The molecule has 1 aromatic carbocycles. The Morgan fingerprint density at radius 3 is 2.56 bits per heavy atom. The minimum absolute atomic E-state index is 0.00543. The van der Waals surface area contributed by atoms with Gasteiger partial charge in [-0.05, 0) is 31.2 Å². The number of rotatable bonds is 7. The summed E-state index contributed by atoms with van der Waals surface area (Å²) in [6.07, 6.45) is 0.835. The van der Waals surface area contributed by atoms with Gasteiger partial charge in [0.05, 0.1) is 7.11 Å². The molecule has 0 aliphatic carbocycles. The number of carbonyl (C=O) groups excluding carboxylic acids is 1. The number of carbonyl (C=O) groups is 1. The lowest BCUT2D eigenvalue weighted by Crippen LogP contribution is -2.35. The van der Waals surface area contributed by atoms with Gasteiger partial charge in [-0.15, -0.1) is 0 Å². The molecule has 0 fully saturated rings. The van der Waals surface area contributed by atoms with E-state index in [1.54, 1.807) is 7.11 Å². The Hall–Kier alpha value is -1.55. The normalized spacial score (nSPS) is 11.9. The summed E-state index contributed by atoms with van der Waals surface area (Å²) in [6.45, 7) is 3.28. The molecule has 0 bridgehead atoms. The lowest BCUT2D eigenvalue weighted by atomic mass is 10.1. The highest BCUT2D eigenvalue weighted by atomic mass is 16.5. The van der Waals surface area contributed by atoms with Crippen molar-refractivity contribution in [3.05, 3.63) is 29.8 Å². The monoisotopic (exact) mass is 250 g/mol. The molecule has 4 nitrogen and oxygen atoms in total. The summed E-state index contributed by atoms with van der Waals surface area (Å²) in [5.74, 6) is 0.953. The SMILES string of the molecule is CNCC(C)C(=O)NCCc1ccc(OC)cc1. The van der Waals surface area contributed by atoms with E-state index in [9.17, 15) is 4.79 Å². The summed E-state index contributed by atoms with van der Waals surface area (Å²) >= 11 is 0. The van der Waals surface area contributed by atoms with Crippen molar-refractivity contribution in [1.82, 2.24) is 10.6 Å². The van der Waals surface area contributed by atoms with E-state index in [1.807, 2.05) is 38.2 Å². The molecule has 1 amide bonds. The van der Waals surface area contributed by atoms with Crippen molar-refractivity contribution in [1.29, 1.82) is 0 Å². The number of methoxy groups -OCH3 is 1. The van der Waals surface area contributed by atoms with Gasteiger partial charge in [-0.2, -0.15) is 0 Å². The Bertz CT molecular complexity index is 363. The maximum Gasteiger partial charge on any atom is 0.224 e. The minimum Gasteiger partial charge on any atom is -0.497 e. The van der Waals surface area contributed by atoms with Gasteiger partial charge in [-0.1, -0.05) is 19.1 Å². The standard InChI is InChI=1S/C14H22N2O2/c1-11(10-15-2)14(17)16-9-8-12-4-6-13(18-3)7-5-12/h4-7,11,15H,8-10H2,1-3H3,(H,16,17). The number of hydrogen-bond acceptors (Lipinski definition) is 3. The number of benzene rings is 1. The average Bonchev–Trinajstić information content (AvgIpc) is 2.39. The predicted octanol–water partition coefficient (Wildman–Crippen LogP) is 1.21. The molecular formula is C14H22N2O2. The molecule has 0 aliphatic heterocycles. The van der Waals surface area contributed by atoms with Gasteiger partial charge in [0, 0.05) is 19.0 Å². The van der Waals surface area contributed by atoms with E-state index in [1.165, 1.54) is 5.56 Å². The number of amides is 1. The van der Waals surface area contributed by atoms with Crippen LogP contribution in [0.3, 0.4) is 0 Å². The van der Waals surface area contributed by atoms with E-state index in [2.05, 4.69) is 10.6 Å². The molecule has 1 rings (SSSR count). The van der Waals surface area contributed by atoms with Gasteiger partial charge in [0.25, 0.3) is 0 Å². The van der Waals surface area contributed by atoms with Crippen molar-refractivity contribution in [3.63, 3.8) is 0 Å². The molecule has 0 saturated carbocycles. The smallest absolute Gasteiger partial charge is 0.224 e. The predicted molar refractivity (Wildman–Crippen MR) is 72.8 cm³/mol. The third-order valence-electron chi connectivity index (χ3n) is 2.83. The summed E-state index contributed by atoms with van der Waals surface area (Å²) in [4.78, 5) is 11.7. The second-order valence-electron chi connectivity index (χ2n) is 4.35. The molecule has 0 spiro atoms. The van der Waals surface area contributed by atoms with E-state index in [-0.39, 0.29) is 11.8 Å². The zero-order valence-electron chi connectivity index (χ0n) is 11.3. The summed E-state index contributed by atoms with van der Waals surface area (Å²) < 4.78 is 5.09. The maximum atomic E-state index is 11.7. The van der Waals surface area contributed by atoms with Crippen LogP contribution in [0.15, 0.2) is 24.3 Å². The fourth-order valence-electron chi connectivity index (χ4n) is 1.70. The van der Waals surface area contributed by atoms with Crippen molar-refractivity contribution < 1.29 is 9.53 Å². The molecule has 0 radical (unpaired) electrons. The second-order valence-corrected chi connectivity index (χ2v) is 4.35. The van der Waals surface area contributed by atoms with Crippen LogP contribution in [0, 0.1) is 5.92 Å². The van der Waals surface area contributed by atoms with Gasteiger partial charge in [0.1, 0.15) is 5.75 Å². The molecule has 0 heterocycles. The first kappa shape index (κ1) is 14.5. The molecule has 0 saturated heterocycles. The van der Waals surface area contributed by atoms with E-state index in [0.717, 1.165) is 12.2 Å². The van der Waals surface area contributed by atoms with Gasteiger partial charge in [0.15, 0.2) is 0 Å². The molecule has 0 aromatic heterocycles. The molecular weight excluding hydrogens is 228 g/mol. The molecule has 4 heteroatoms. The first-order chi connectivity index (χ1) is 8.67. The minimum atomic E-state index is 0.00543. The molecule has 1 unspecified atom stereocenters. The number of nitrogens with one attached hydrogen (secondary N) is 2. The lowest BCUT2D eigenvalue weighted by molar-refractivity contribution is -0.124. The zero-order valence-corrected chi connectivity index (χ0v) is 11.3. The van der Waals surface area contributed by atoms with Crippen LogP contribution in [0.5, 0.6) is 5.75 Å². The van der Waals surface area contributed by atoms with Gasteiger partial charge >= 0.3 is 0 Å². The third-order valence-corrected chi connectivity index (χ3v) is 2.83. The summed E-state index contributed by atoms with van der Waals surface area (Å²) in [7, 11) is 3.50. The maximum absolute atomic E-state index is 11.7. The van der Waals surface area contributed by atoms with Crippen molar-refractivity contribution >= 4 is 5.91 Å². The Labute approximate surface area is 109 Å². The summed E-state index contributed by atoms with van der Waals surface area (Å²) in [5.41, 5.74) is 1.19. The third kappa shape index (κ3) is 4.75. The van der Waals surface area contributed by atoms with Crippen molar-refractivity contribution in [2.24, 2.45) is 5.92 Å². The second kappa shape index (κ2) is 7.71. The lowest BCUT2D eigenvalue weighted by Gasteiger charge is -2.11. The van der Waals surface area contributed by atoms with E-state index >= 15 is 0 Å². The van der Waals surface area contributed by atoms with Crippen LogP contribution in [0.1, 0.15) is 12.5 Å². The van der Waals surface area contributed by atoms with Gasteiger partial charge in [0.2, 0.25) is 5.91 Å². The molecule has 2 N–H and O–H groups in total. The van der Waals surface area contributed by atoms with Crippen LogP contribution >= 0.6 is 0 Å². The fraction of sp³-hybridized carbons (Fsp3) is 0.500. The van der Waals surface area contributed by atoms with Crippen LogP contribution in [0.2, 0.25) is 0 Å². The zero-order chi connectivity index (χ0) is 13.4. The Kier molecular flexibility index (Phi) is 6.22.